The fourth-order valence-corrected chi connectivity index (χ4v) is 5.45. The van der Waals surface area contributed by atoms with Gasteiger partial charge in [-0.1, -0.05) is 29.8 Å². The molecular weight excluding hydrogens is 464 g/mol. The Morgan fingerprint density at radius 3 is 2.06 bits per heavy atom. The lowest BCUT2D eigenvalue weighted by Gasteiger charge is -2.12. The van der Waals surface area contributed by atoms with Crippen molar-refractivity contribution in [3.05, 3.63) is 89.0 Å². The molecule has 0 atom stereocenters. The van der Waals surface area contributed by atoms with Crippen molar-refractivity contribution >= 4 is 37.4 Å². The van der Waals surface area contributed by atoms with Crippen molar-refractivity contribution in [3.63, 3.8) is 0 Å². The highest BCUT2D eigenvalue weighted by molar-refractivity contribution is 7.92. The highest BCUT2D eigenvalue weighted by atomic mass is 32.2. The predicted octanol–water partition coefficient (Wildman–Crippen LogP) is 3.83. The zero-order valence-corrected chi connectivity index (χ0v) is 20.0. The molecule has 0 amide bonds. The summed E-state index contributed by atoms with van der Waals surface area (Å²) in [4.78, 5) is 11.5. The summed E-state index contributed by atoms with van der Waals surface area (Å²) in [6, 6.07) is 16.8. The number of hydrogen-bond donors (Lipinski definition) is 2. The lowest BCUT2D eigenvalue weighted by atomic mass is 10.1. The number of anilines is 2. The number of ether oxygens (including phenoxy) is 1. The van der Waals surface area contributed by atoms with E-state index in [4.69, 9.17) is 0 Å². The maximum absolute atomic E-state index is 12.7. The molecule has 0 saturated heterocycles. The number of rotatable bonds is 8. The fraction of sp³-hybridized carbons (Fsp3) is 0.174. The minimum absolute atomic E-state index is 0.00354. The first-order valence-corrected chi connectivity index (χ1v) is 13.0. The monoisotopic (exact) mass is 488 g/mol. The second-order valence-electron chi connectivity index (χ2n) is 7.50. The molecule has 0 unspecified atom stereocenters. The van der Waals surface area contributed by atoms with Crippen molar-refractivity contribution in [2.24, 2.45) is 0 Å². The van der Waals surface area contributed by atoms with Gasteiger partial charge >= 0.3 is 5.97 Å². The van der Waals surface area contributed by atoms with Crippen LogP contribution in [0.1, 0.15) is 27.0 Å². The zero-order chi connectivity index (χ0) is 24.2. The van der Waals surface area contributed by atoms with Gasteiger partial charge in [-0.25, -0.2) is 21.6 Å². The number of carbonyl (C=O) groups is 1. The van der Waals surface area contributed by atoms with E-state index in [2.05, 4.69) is 14.2 Å². The van der Waals surface area contributed by atoms with E-state index in [1.54, 1.807) is 6.07 Å². The van der Waals surface area contributed by atoms with E-state index in [9.17, 15) is 21.6 Å². The van der Waals surface area contributed by atoms with Crippen LogP contribution < -0.4 is 9.44 Å². The number of hydrogen-bond acceptors (Lipinski definition) is 6. The van der Waals surface area contributed by atoms with Gasteiger partial charge in [0.2, 0.25) is 10.0 Å². The summed E-state index contributed by atoms with van der Waals surface area (Å²) in [5, 5.41) is 0. The summed E-state index contributed by atoms with van der Waals surface area (Å²) >= 11 is 0. The molecule has 0 aliphatic rings. The van der Waals surface area contributed by atoms with Gasteiger partial charge in [-0.15, -0.1) is 0 Å². The molecule has 3 aromatic rings. The summed E-state index contributed by atoms with van der Waals surface area (Å²) in [6.45, 7) is 3.73. The molecule has 33 heavy (non-hydrogen) atoms. The second-order valence-corrected chi connectivity index (χ2v) is 10.9. The van der Waals surface area contributed by atoms with E-state index in [1.807, 2.05) is 26.0 Å². The van der Waals surface area contributed by atoms with Crippen LogP contribution in [0.4, 0.5) is 11.4 Å². The number of carbonyl (C=O) groups excluding carboxylic acids is 1. The minimum atomic E-state index is -3.84. The third-order valence-corrected chi connectivity index (χ3v) is 7.44. The number of methoxy groups -OCH3 is 1. The molecule has 0 aromatic heterocycles. The van der Waals surface area contributed by atoms with Gasteiger partial charge in [0, 0.05) is 5.69 Å². The lowest BCUT2D eigenvalue weighted by Crippen LogP contribution is -2.16. The van der Waals surface area contributed by atoms with Gasteiger partial charge < -0.3 is 4.74 Å². The third-order valence-electron chi connectivity index (χ3n) is 4.80. The Balaban J connectivity index is 1.69. The van der Waals surface area contributed by atoms with Gasteiger partial charge in [-0.3, -0.25) is 9.44 Å². The van der Waals surface area contributed by atoms with Crippen molar-refractivity contribution < 1.29 is 26.4 Å². The van der Waals surface area contributed by atoms with Crippen LogP contribution in [0.3, 0.4) is 0 Å². The summed E-state index contributed by atoms with van der Waals surface area (Å²) in [5.74, 6) is -0.826. The number of benzene rings is 3. The minimum Gasteiger partial charge on any atom is -0.465 e. The molecule has 3 aromatic carbocycles. The molecule has 0 saturated carbocycles. The normalized spacial score (nSPS) is 11.6. The molecule has 0 aliphatic carbocycles. The van der Waals surface area contributed by atoms with E-state index < -0.39 is 26.0 Å². The van der Waals surface area contributed by atoms with Crippen LogP contribution in [-0.2, 0) is 30.5 Å². The first-order valence-electron chi connectivity index (χ1n) is 9.87. The van der Waals surface area contributed by atoms with Crippen LogP contribution in [0, 0.1) is 13.8 Å². The van der Waals surface area contributed by atoms with Crippen LogP contribution in [0.25, 0.3) is 0 Å². The van der Waals surface area contributed by atoms with Gasteiger partial charge in [-0.05, 0) is 67.4 Å². The molecule has 0 aliphatic heterocycles. The largest absolute Gasteiger partial charge is 0.465 e. The van der Waals surface area contributed by atoms with Gasteiger partial charge in [0.25, 0.3) is 10.0 Å². The molecule has 0 radical (unpaired) electrons. The Kier molecular flexibility index (Phi) is 7.09. The Morgan fingerprint density at radius 1 is 0.848 bits per heavy atom. The molecule has 0 fully saturated rings. The number of nitrogens with one attached hydrogen (secondary N) is 2. The lowest BCUT2D eigenvalue weighted by molar-refractivity contribution is 0.0600. The average Bonchev–Trinajstić information content (AvgIpc) is 2.75. The second kappa shape index (κ2) is 9.63. The molecule has 174 valence electrons. The highest BCUT2D eigenvalue weighted by Crippen LogP contribution is 2.22. The topological polar surface area (TPSA) is 119 Å². The van der Waals surface area contributed by atoms with Crippen LogP contribution in [-0.4, -0.2) is 29.9 Å². The van der Waals surface area contributed by atoms with Crippen molar-refractivity contribution in [3.8, 4) is 0 Å². The molecule has 2 N–H and O–H groups in total. The fourth-order valence-electron chi connectivity index (χ4n) is 3.12. The van der Waals surface area contributed by atoms with Crippen LogP contribution in [0.15, 0.2) is 71.6 Å². The SMILES string of the molecule is COC(=O)c1ccc(CS(=O)(=O)Nc2ccc(S(=O)(=O)Nc3ccc(C)cc3C)cc2)cc1. The molecule has 10 heteroatoms. The Bertz CT molecular complexity index is 1370. The molecule has 0 spiro atoms. The maximum atomic E-state index is 12.7. The van der Waals surface area contributed by atoms with E-state index >= 15 is 0 Å². The van der Waals surface area contributed by atoms with Gasteiger partial charge in [-0.2, -0.15) is 0 Å². The van der Waals surface area contributed by atoms with Gasteiger partial charge in [0.15, 0.2) is 0 Å². The van der Waals surface area contributed by atoms with Gasteiger partial charge in [0.05, 0.1) is 29.0 Å². The summed E-state index contributed by atoms with van der Waals surface area (Å²) in [7, 11) is -6.34. The Labute approximate surface area is 193 Å². The summed E-state index contributed by atoms with van der Waals surface area (Å²) < 4.78 is 60.0. The smallest absolute Gasteiger partial charge is 0.337 e. The standard InChI is InChI=1S/C23H24N2O6S2/c1-16-4-13-22(17(2)14-16)25-33(29,30)21-11-9-20(10-12-21)24-32(27,28)15-18-5-7-19(8-6-18)23(26)31-3/h4-14,24-25H,15H2,1-3H3. The predicted molar refractivity (Wildman–Crippen MR) is 127 cm³/mol. The first-order chi connectivity index (χ1) is 15.5. The van der Waals surface area contributed by atoms with Crippen molar-refractivity contribution in [1.82, 2.24) is 0 Å². The summed E-state index contributed by atoms with van der Waals surface area (Å²) in [6.07, 6.45) is 0. The van der Waals surface area contributed by atoms with E-state index in [0.29, 0.717) is 16.8 Å². The van der Waals surface area contributed by atoms with E-state index in [1.165, 1.54) is 55.6 Å². The highest BCUT2D eigenvalue weighted by Gasteiger charge is 2.17. The van der Waals surface area contributed by atoms with Crippen LogP contribution >= 0.6 is 0 Å². The van der Waals surface area contributed by atoms with Crippen LogP contribution in [0.5, 0.6) is 0 Å². The molecule has 0 heterocycles. The molecular formula is C23H24N2O6S2. The third kappa shape index (κ3) is 6.33. The maximum Gasteiger partial charge on any atom is 0.337 e. The molecule has 3 rings (SSSR count). The zero-order valence-electron chi connectivity index (χ0n) is 18.3. The Hall–Kier alpha value is -3.37. The van der Waals surface area contributed by atoms with E-state index in [-0.39, 0.29) is 16.3 Å². The average molecular weight is 489 g/mol. The van der Waals surface area contributed by atoms with E-state index in [0.717, 1.165) is 11.1 Å². The quantitative estimate of drug-likeness (QED) is 0.465. The Morgan fingerprint density at radius 2 is 1.48 bits per heavy atom. The molecule has 8 nitrogen and oxygen atoms in total. The van der Waals surface area contributed by atoms with Crippen LogP contribution in [0.2, 0.25) is 0 Å². The summed E-state index contributed by atoms with van der Waals surface area (Å²) in [5.41, 5.74) is 3.31. The van der Waals surface area contributed by atoms with Crippen molar-refractivity contribution in [2.75, 3.05) is 16.6 Å². The van der Waals surface area contributed by atoms with Crippen molar-refractivity contribution in [1.29, 1.82) is 0 Å². The molecule has 0 bridgehead atoms. The first kappa shape index (κ1) is 24.3. The van der Waals surface area contributed by atoms with Gasteiger partial charge in [0.1, 0.15) is 0 Å². The van der Waals surface area contributed by atoms with Crippen molar-refractivity contribution in [2.45, 2.75) is 24.5 Å². The number of esters is 1. The number of sulfonamides is 2. The number of aryl methyl sites for hydroxylation is 2.